The van der Waals surface area contributed by atoms with Gasteiger partial charge in [-0.3, -0.25) is 0 Å². The molecule has 0 nitrogen and oxygen atoms in total. The molecule has 1 heterocycles. The van der Waals surface area contributed by atoms with Crippen molar-refractivity contribution in [3.05, 3.63) is 68.3 Å². The smallest absolute Gasteiger partial charge is 0.0183 e. The molecule has 3 rings (SSSR count). The minimum atomic E-state index is 0.224. The molecule has 0 fully saturated rings. The van der Waals surface area contributed by atoms with Crippen molar-refractivity contribution in [2.75, 3.05) is 0 Å². The second-order valence-corrected chi connectivity index (χ2v) is 9.85. The first kappa shape index (κ1) is 17.9. The molecule has 0 bridgehead atoms. The van der Waals surface area contributed by atoms with E-state index in [1.807, 2.05) is 11.3 Å². The molecule has 0 amide bonds. The lowest BCUT2D eigenvalue weighted by atomic mass is 9.82. The summed E-state index contributed by atoms with van der Waals surface area (Å²) in [5.74, 6) is 1.28. The van der Waals surface area contributed by atoms with E-state index in [2.05, 4.69) is 84.6 Å². The summed E-state index contributed by atoms with van der Waals surface area (Å²) in [6.45, 7) is 6.84. The zero-order chi connectivity index (χ0) is 17.2. The lowest BCUT2D eigenvalue weighted by Gasteiger charge is -2.24. The molecular weight excluding hydrogens is 376 g/mol. The average molecular weight is 403 g/mol. The normalized spacial score (nSPS) is 21.1. The Bertz CT molecular complexity index is 674. The highest BCUT2D eigenvalue weighted by Gasteiger charge is 2.29. The van der Waals surface area contributed by atoms with E-state index in [1.165, 1.54) is 46.2 Å². The number of hydrogen-bond acceptors (Lipinski definition) is 1. The van der Waals surface area contributed by atoms with Crippen molar-refractivity contribution >= 4 is 27.3 Å². The van der Waals surface area contributed by atoms with Gasteiger partial charge in [-0.25, -0.2) is 0 Å². The summed E-state index contributed by atoms with van der Waals surface area (Å²) in [5, 5.41) is 2.18. The topological polar surface area (TPSA) is 0 Å². The van der Waals surface area contributed by atoms with Crippen LogP contribution in [0.5, 0.6) is 0 Å². The van der Waals surface area contributed by atoms with Gasteiger partial charge in [-0.15, -0.1) is 11.3 Å². The SMILES string of the molecule is CC(C)(C)c1ccc(C2C(Br)=CC[C@@H]2CCCc2cccs2)cc1. The number of benzene rings is 1. The fourth-order valence-corrected chi connectivity index (χ4v) is 5.23. The predicted molar refractivity (Wildman–Crippen MR) is 110 cm³/mol. The van der Waals surface area contributed by atoms with Gasteiger partial charge < -0.3 is 0 Å². The Morgan fingerprint density at radius 1 is 1.12 bits per heavy atom. The summed E-state index contributed by atoms with van der Waals surface area (Å²) in [7, 11) is 0. The summed E-state index contributed by atoms with van der Waals surface area (Å²) in [6, 6.07) is 13.7. The van der Waals surface area contributed by atoms with Crippen LogP contribution in [0.3, 0.4) is 0 Å². The molecule has 0 N–H and O–H groups in total. The van der Waals surface area contributed by atoms with Gasteiger partial charge in [0.15, 0.2) is 0 Å². The van der Waals surface area contributed by atoms with Crippen LogP contribution < -0.4 is 0 Å². The zero-order valence-electron chi connectivity index (χ0n) is 14.9. The molecule has 2 atom stereocenters. The van der Waals surface area contributed by atoms with Crippen LogP contribution in [0.4, 0.5) is 0 Å². The fraction of sp³-hybridized carbons (Fsp3) is 0.455. The predicted octanol–water partition coefficient (Wildman–Crippen LogP) is 7.45. The lowest BCUT2D eigenvalue weighted by Crippen LogP contribution is -2.12. The molecule has 1 aromatic heterocycles. The molecule has 0 spiro atoms. The molecule has 2 heteroatoms. The van der Waals surface area contributed by atoms with Crippen LogP contribution in [-0.2, 0) is 11.8 Å². The highest BCUT2D eigenvalue weighted by molar-refractivity contribution is 9.11. The number of aryl methyl sites for hydroxylation is 1. The molecule has 1 unspecified atom stereocenters. The summed E-state index contributed by atoms with van der Waals surface area (Å²) in [5.41, 5.74) is 3.10. The van der Waals surface area contributed by atoms with Crippen LogP contribution in [0.1, 0.15) is 62.0 Å². The zero-order valence-corrected chi connectivity index (χ0v) is 17.3. The highest BCUT2D eigenvalue weighted by Crippen LogP contribution is 2.45. The van der Waals surface area contributed by atoms with E-state index in [9.17, 15) is 0 Å². The molecule has 1 aliphatic carbocycles. The Morgan fingerprint density at radius 3 is 2.50 bits per heavy atom. The van der Waals surface area contributed by atoms with Crippen LogP contribution in [-0.4, -0.2) is 0 Å². The minimum absolute atomic E-state index is 0.224. The van der Waals surface area contributed by atoms with Gasteiger partial charge in [-0.05, 0) is 64.1 Å². The Balaban J connectivity index is 1.66. The van der Waals surface area contributed by atoms with E-state index in [1.54, 1.807) is 0 Å². The molecule has 1 aromatic carbocycles. The van der Waals surface area contributed by atoms with E-state index in [4.69, 9.17) is 0 Å². The third-order valence-corrected chi connectivity index (χ3v) is 6.85. The number of hydrogen-bond donors (Lipinski definition) is 0. The van der Waals surface area contributed by atoms with Crippen molar-refractivity contribution in [3.63, 3.8) is 0 Å². The largest absolute Gasteiger partial charge is 0.149 e. The van der Waals surface area contributed by atoms with Crippen molar-refractivity contribution in [1.82, 2.24) is 0 Å². The van der Waals surface area contributed by atoms with Crippen LogP contribution >= 0.6 is 27.3 Å². The molecule has 0 saturated carbocycles. The van der Waals surface area contributed by atoms with Gasteiger partial charge in [0.25, 0.3) is 0 Å². The molecule has 1 aliphatic rings. The van der Waals surface area contributed by atoms with Crippen molar-refractivity contribution in [2.45, 2.75) is 57.8 Å². The number of halogens is 1. The standard InChI is InChI=1S/C22H27BrS/c1-22(2,3)18-12-9-17(10-13-18)21-16(11-14-20(21)23)6-4-7-19-8-5-15-24-19/h5,8-10,12-16,21H,4,6-7,11H2,1-3H3/t16-,21?/m0/s1. The molecule has 0 radical (unpaired) electrons. The molecular formula is C22H27BrS. The number of allylic oxidation sites excluding steroid dienone is 2. The van der Waals surface area contributed by atoms with Gasteiger partial charge in [0.1, 0.15) is 0 Å². The molecule has 0 saturated heterocycles. The maximum atomic E-state index is 3.83. The second-order valence-electron chi connectivity index (χ2n) is 7.91. The van der Waals surface area contributed by atoms with Crippen LogP contribution in [0.15, 0.2) is 52.3 Å². The summed E-state index contributed by atoms with van der Waals surface area (Å²) in [4.78, 5) is 1.52. The maximum absolute atomic E-state index is 3.83. The first-order valence-corrected chi connectivity index (χ1v) is 10.6. The van der Waals surface area contributed by atoms with Gasteiger partial charge in [0.05, 0.1) is 0 Å². The third-order valence-electron chi connectivity index (χ3n) is 5.10. The summed E-state index contributed by atoms with van der Waals surface area (Å²) < 4.78 is 1.38. The Kier molecular flexibility index (Phi) is 5.66. The van der Waals surface area contributed by atoms with E-state index < -0.39 is 0 Å². The van der Waals surface area contributed by atoms with Gasteiger partial charge in [0.2, 0.25) is 0 Å². The molecule has 128 valence electrons. The first-order chi connectivity index (χ1) is 11.4. The number of thiophene rings is 1. The van der Waals surface area contributed by atoms with Crippen molar-refractivity contribution in [3.8, 4) is 0 Å². The van der Waals surface area contributed by atoms with E-state index in [0.29, 0.717) is 5.92 Å². The minimum Gasteiger partial charge on any atom is -0.149 e. The molecule has 0 aliphatic heterocycles. The Hall–Kier alpha value is -0.860. The Labute approximate surface area is 159 Å². The molecule has 24 heavy (non-hydrogen) atoms. The number of rotatable bonds is 5. The third kappa shape index (κ3) is 4.21. The quantitative estimate of drug-likeness (QED) is 0.486. The maximum Gasteiger partial charge on any atom is 0.0183 e. The molecule has 2 aromatic rings. The van der Waals surface area contributed by atoms with Gasteiger partial charge in [0, 0.05) is 10.8 Å². The van der Waals surface area contributed by atoms with Gasteiger partial charge in [-0.1, -0.05) is 73.1 Å². The first-order valence-electron chi connectivity index (χ1n) is 8.93. The summed E-state index contributed by atoms with van der Waals surface area (Å²) >= 11 is 5.72. The van der Waals surface area contributed by atoms with Crippen molar-refractivity contribution < 1.29 is 0 Å². The van der Waals surface area contributed by atoms with E-state index in [-0.39, 0.29) is 5.41 Å². The van der Waals surface area contributed by atoms with Crippen LogP contribution in [0, 0.1) is 5.92 Å². The van der Waals surface area contributed by atoms with E-state index in [0.717, 1.165) is 5.92 Å². The highest BCUT2D eigenvalue weighted by atomic mass is 79.9. The van der Waals surface area contributed by atoms with Crippen LogP contribution in [0.25, 0.3) is 0 Å². The van der Waals surface area contributed by atoms with Crippen molar-refractivity contribution in [2.24, 2.45) is 5.92 Å². The Morgan fingerprint density at radius 2 is 1.88 bits per heavy atom. The van der Waals surface area contributed by atoms with E-state index >= 15 is 0 Å². The van der Waals surface area contributed by atoms with Gasteiger partial charge >= 0.3 is 0 Å². The lowest BCUT2D eigenvalue weighted by molar-refractivity contribution is 0.453. The second kappa shape index (κ2) is 7.58. The summed E-state index contributed by atoms with van der Waals surface area (Å²) in [6.07, 6.45) is 7.40. The average Bonchev–Trinajstić information content (AvgIpc) is 3.17. The fourth-order valence-electron chi connectivity index (χ4n) is 3.65. The monoisotopic (exact) mass is 402 g/mol. The van der Waals surface area contributed by atoms with Crippen LogP contribution in [0.2, 0.25) is 0 Å². The van der Waals surface area contributed by atoms with Gasteiger partial charge in [-0.2, -0.15) is 0 Å². The van der Waals surface area contributed by atoms with Crippen molar-refractivity contribution in [1.29, 1.82) is 0 Å².